The molecule has 0 radical (unpaired) electrons. The highest BCUT2D eigenvalue weighted by molar-refractivity contribution is 6.35. The highest BCUT2D eigenvalue weighted by Gasteiger charge is 2.01. The minimum absolute atomic E-state index is 0.720. The van der Waals surface area contributed by atoms with E-state index in [1.54, 1.807) is 0 Å². The molecule has 0 atom stereocenters. The summed E-state index contributed by atoms with van der Waals surface area (Å²) in [6.07, 6.45) is 0. The summed E-state index contributed by atoms with van der Waals surface area (Å²) in [5.41, 5.74) is 8.34. The molecule has 3 aromatic carbocycles. The van der Waals surface area contributed by atoms with Crippen LogP contribution in [-0.2, 0) is 0 Å². The first-order chi connectivity index (χ1) is 9.74. The molecule has 3 aromatic rings. The number of anilines is 1. The predicted molar refractivity (Wildman–Crippen MR) is 85.8 cm³/mol. The van der Waals surface area contributed by atoms with E-state index in [1.165, 1.54) is 0 Å². The van der Waals surface area contributed by atoms with Gasteiger partial charge in [-0.15, -0.1) is 0 Å². The van der Waals surface area contributed by atoms with E-state index in [1.807, 2.05) is 60.7 Å². The average Bonchev–Trinajstić information content (AvgIpc) is 2.47. The van der Waals surface area contributed by atoms with Gasteiger partial charge in [-0.1, -0.05) is 53.8 Å². The molecule has 96 valence electrons. The van der Waals surface area contributed by atoms with E-state index < -0.39 is 0 Å². The fourth-order valence-electron chi connectivity index (χ4n) is 2.13. The van der Waals surface area contributed by atoms with E-state index in [0.717, 1.165) is 32.6 Å². The first-order valence-corrected chi connectivity index (χ1v) is 6.67. The van der Waals surface area contributed by atoms with Gasteiger partial charge in [-0.3, -0.25) is 0 Å². The summed E-state index contributed by atoms with van der Waals surface area (Å²) in [5.74, 6) is 6.33. The monoisotopic (exact) mass is 277 g/mol. The number of nitrogen functional groups attached to an aromatic ring is 1. The van der Waals surface area contributed by atoms with Crippen molar-refractivity contribution in [2.45, 2.75) is 0 Å². The maximum absolute atomic E-state index is 6.20. The SMILES string of the molecule is Nc1cccc(C#Cc2ccc(Cl)c3ccccc23)c1. The molecule has 1 nitrogen and oxygen atoms in total. The van der Waals surface area contributed by atoms with Gasteiger partial charge >= 0.3 is 0 Å². The Morgan fingerprint density at radius 3 is 2.40 bits per heavy atom. The van der Waals surface area contributed by atoms with E-state index in [-0.39, 0.29) is 0 Å². The largest absolute Gasteiger partial charge is 0.399 e. The second-order valence-electron chi connectivity index (χ2n) is 4.52. The first kappa shape index (κ1) is 12.6. The molecule has 3 rings (SSSR count). The normalized spacial score (nSPS) is 10.1. The van der Waals surface area contributed by atoms with Gasteiger partial charge in [0.2, 0.25) is 0 Å². The van der Waals surface area contributed by atoms with Gasteiger partial charge in [0.25, 0.3) is 0 Å². The van der Waals surface area contributed by atoms with Crippen LogP contribution in [0.2, 0.25) is 5.02 Å². The van der Waals surface area contributed by atoms with Crippen LogP contribution in [0.3, 0.4) is 0 Å². The van der Waals surface area contributed by atoms with Crippen LogP contribution in [-0.4, -0.2) is 0 Å². The quantitative estimate of drug-likeness (QED) is 0.476. The standard InChI is InChI=1S/C18H12ClN/c19-18-11-10-14(16-6-1-2-7-17(16)18)9-8-13-4-3-5-15(20)12-13/h1-7,10-12H,20H2. The molecule has 2 N–H and O–H groups in total. The smallest absolute Gasteiger partial charge is 0.0485 e. The van der Waals surface area contributed by atoms with Crippen LogP contribution in [0.15, 0.2) is 60.7 Å². The fraction of sp³-hybridized carbons (Fsp3) is 0. The van der Waals surface area contributed by atoms with Gasteiger partial charge in [-0.2, -0.15) is 0 Å². The van der Waals surface area contributed by atoms with Crippen molar-refractivity contribution in [2.75, 3.05) is 5.73 Å². The number of halogens is 1. The molecular formula is C18H12ClN. The number of hydrogen-bond donors (Lipinski definition) is 1. The zero-order chi connectivity index (χ0) is 13.9. The Morgan fingerprint density at radius 2 is 1.60 bits per heavy atom. The third-order valence-corrected chi connectivity index (χ3v) is 3.43. The topological polar surface area (TPSA) is 26.0 Å². The zero-order valence-corrected chi connectivity index (χ0v) is 11.5. The number of hydrogen-bond acceptors (Lipinski definition) is 1. The van der Waals surface area contributed by atoms with Crippen LogP contribution in [0.4, 0.5) is 5.69 Å². The Morgan fingerprint density at radius 1 is 0.800 bits per heavy atom. The van der Waals surface area contributed by atoms with E-state index in [2.05, 4.69) is 11.8 Å². The second kappa shape index (κ2) is 5.28. The molecule has 0 heterocycles. The van der Waals surface area contributed by atoms with Gasteiger partial charge in [0.15, 0.2) is 0 Å². The van der Waals surface area contributed by atoms with E-state index in [9.17, 15) is 0 Å². The molecule has 0 amide bonds. The highest BCUT2D eigenvalue weighted by atomic mass is 35.5. The van der Waals surface area contributed by atoms with Gasteiger partial charge in [0.1, 0.15) is 0 Å². The summed E-state index contributed by atoms with van der Waals surface area (Å²) in [7, 11) is 0. The molecule has 0 aliphatic rings. The molecule has 0 spiro atoms. The Hall–Kier alpha value is -2.43. The number of rotatable bonds is 0. The molecule has 0 fully saturated rings. The highest BCUT2D eigenvalue weighted by Crippen LogP contribution is 2.25. The van der Waals surface area contributed by atoms with Crippen LogP contribution in [0, 0.1) is 11.8 Å². The number of benzene rings is 3. The lowest BCUT2D eigenvalue weighted by Gasteiger charge is -2.02. The summed E-state index contributed by atoms with van der Waals surface area (Å²) in [5, 5.41) is 2.83. The summed E-state index contributed by atoms with van der Waals surface area (Å²) < 4.78 is 0. The minimum Gasteiger partial charge on any atom is -0.399 e. The van der Waals surface area contributed by atoms with Crippen molar-refractivity contribution in [1.82, 2.24) is 0 Å². The van der Waals surface area contributed by atoms with Crippen molar-refractivity contribution >= 4 is 28.1 Å². The molecule has 2 heteroatoms. The van der Waals surface area contributed by atoms with E-state index >= 15 is 0 Å². The van der Waals surface area contributed by atoms with Crippen molar-refractivity contribution < 1.29 is 0 Å². The van der Waals surface area contributed by atoms with Crippen molar-refractivity contribution in [2.24, 2.45) is 0 Å². The molecular weight excluding hydrogens is 266 g/mol. The van der Waals surface area contributed by atoms with Crippen LogP contribution in [0.1, 0.15) is 11.1 Å². The van der Waals surface area contributed by atoms with Crippen molar-refractivity contribution in [1.29, 1.82) is 0 Å². The molecule has 20 heavy (non-hydrogen) atoms. The van der Waals surface area contributed by atoms with E-state index in [4.69, 9.17) is 17.3 Å². The van der Waals surface area contributed by atoms with Crippen molar-refractivity contribution in [3.05, 3.63) is 76.8 Å². The van der Waals surface area contributed by atoms with Crippen LogP contribution in [0.25, 0.3) is 10.8 Å². The van der Waals surface area contributed by atoms with E-state index in [0.29, 0.717) is 0 Å². The third-order valence-electron chi connectivity index (χ3n) is 3.10. The lowest BCUT2D eigenvalue weighted by atomic mass is 10.0. The van der Waals surface area contributed by atoms with Crippen LogP contribution < -0.4 is 5.73 Å². The maximum Gasteiger partial charge on any atom is 0.0485 e. The fourth-order valence-corrected chi connectivity index (χ4v) is 2.36. The lowest BCUT2D eigenvalue weighted by molar-refractivity contribution is 1.63. The van der Waals surface area contributed by atoms with Crippen molar-refractivity contribution in [3.8, 4) is 11.8 Å². The predicted octanol–water partition coefficient (Wildman–Crippen LogP) is 4.48. The van der Waals surface area contributed by atoms with Gasteiger partial charge < -0.3 is 5.73 Å². The summed E-state index contributed by atoms with van der Waals surface area (Å²) in [6, 6.07) is 19.4. The Balaban J connectivity index is 2.11. The maximum atomic E-state index is 6.20. The van der Waals surface area contributed by atoms with Gasteiger partial charge in [0.05, 0.1) is 0 Å². The molecule has 0 saturated heterocycles. The molecule has 0 aliphatic heterocycles. The zero-order valence-electron chi connectivity index (χ0n) is 10.7. The molecule has 0 aromatic heterocycles. The first-order valence-electron chi connectivity index (χ1n) is 6.29. The minimum atomic E-state index is 0.720. The number of fused-ring (bicyclic) bond motifs is 1. The average molecular weight is 278 g/mol. The summed E-state index contributed by atoms with van der Waals surface area (Å²) in [4.78, 5) is 0. The molecule has 0 bridgehead atoms. The molecule has 0 aliphatic carbocycles. The Kier molecular flexibility index (Phi) is 3.33. The lowest BCUT2D eigenvalue weighted by Crippen LogP contribution is -1.85. The summed E-state index contributed by atoms with van der Waals surface area (Å²) in [6.45, 7) is 0. The number of nitrogens with two attached hydrogens (primary N) is 1. The van der Waals surface area contributed by atoms with Gasteiger partial charge in [0, 0.05) is 27.2 Å². The molecule has 0 saturated carbocycles. The van der Waals surface area contributed by atoms with Crippen LogP contribution >= 0.6 is 11.6 Å². The third kappa shape index (κ3) is 2.47. The van der Waals surface area contributed by atoms with Gasteiger partial charge in [-0.25, -0.2) is 0 Å². The van der Waals surface area contributed by atoms with Crippen molar-refractivity contribution in [3.63, 3.8) is 0 Å². The Labute approximate surface area is 123 Å². The Bertz CT molecular complexity index is 841. The molecule has 0 unspecified atom stereocenters. The summed E-state index contributed by atoms with van der Waals surface area (Å²) >= 11 is 6.20. The van der Waals surface area contributed by atoms with Crippen LogP contribution in [0.5, 0.6) is 0 Å². The second-order valence-corrected chi connectivity index (χ2v) is 4.92. The van der Waals surface area contributed by atoms with Gasteiger partial charge in [-0.05, 0) is 35.7 Å².